The second kappa shape index (κ2) is 4.71. The van der Waals surface area contributed by atoms with E-state index in [-0.39, 0.29) is 10.6 Å². The van der Waals surface area contributed by atoms with E-state index in [2.05, 4.69) is 19.2 Å². The molecule has 5 nitrogen and oxygen atoms in total. The van der Waals surface area contributed by atoms with Gasteiger partial charge >= 0.3 is 0 Å². The molecule has 16 heavy (non-hydrogen) atoms. The molecule has 0 fully saturated rings. The Morgan fingerprint density at radius 3 is 2.44 bits per heavy atom. The highest BCUT2D eigenvalue weighted by atomic mass is 32.2. The van der Waals surface area contributed by atoms with Crippen molar-refractivity contribution < 1.29 is 8.42 Å². The summed E-state index contributed by atoms with van der Waals surface area (Å²) in [5, 5.41) is 8.15. The summed E-state index contributed by atoms with van der Waals surface area (Å²) >= 11 is 0. The van der Waals surface area contributed by atoms with Gasteiger partial charge in [-0.3, -0.25) is 0 Å². The van der Waals surface area contributed by atoms with Crippen LogP contribution in [0.4, 0.5) is 11.4 Å². The number of rotatable bonds is 4. The van der Waals surface area contributed by atoms with Crippen molar-refractivity contribution in [3.63, 3.8) is 0 Å². The molecule has 6 heteroatoms. The third kappa shape index (κ3) is 3.39. The van der Waals surface area contributed by atoms with E-state index < -0.39 is 10.0 Å². The average molecular weight is 243 g/mol. The van der Waals surface area contributed by atoms with Crippen LogP contribution >= 0.6 is 0 Å². The van der Waals surface area contributed by atoms with Gasteiger partial charge in [-0.1, -0.05) is 13.8 Å². The summed E-state index contributed by atoms with van der Waals surface area (Å²) in [4.78, 5) is -0.0393. The monoisotopic (exact) mass is 243 g/mol. The topological polar surface area (TPSA) is 98.2 Å². The lowest BCUT2D eigenvalue weighted by atomic mass is 10.2. The fourth-order valence-corrected chi connectivity index (χ4v) is 1.88. The number of anilines is 2. The summed E-state index contributed by atoms with van der Waals surface area (Å²) in [5.41, 5.74) is 6.57. The van der Waals surface area contributed by atoms with Gasteiger partial charge in [0.1, 0.15) is 4.90 Å². The average Bonchev–Trinajstić information content (AvgIpc) is 2.12. The second-order valence-electron chi connectivity index (χ2n) is 4.07. The van der Waals surface area contributed by atoms with Crippen LogP contribution in [0.2, 0.25) is 0 Å². The Kier molecular flexibility index (Phi) is 3.77. The molecule has 0 unspecified atom stereocenters. The van der Waals surface area contributed by atoms with Gasteiger partial charge in [-0.05, 0) is 24.1 Å². The van der Waals surface area contributed by atoms with Crippen LogP contribution in [0.1, 0.15) is 13.8 Å². The van der Waals surface area contributed by atoms with Crippen LogP contribution in [0.5, 0.6) is 0 Å². The number of nitrogens with one attached hydrogen (secondary N) is 1. The first-order chi connectivity index (χ1) is 7.30. The van der Waals surface area contributed by atoms with E-state index in [0.717, 1.165) is 12.2 Å². The minimum atomic E-state index is -3.73. The van der Waals surface area contributed by atoms with Gasteiger partial charge in [-0.15, -0.1) is 0 Å². The molecule has 1 rings (SSSR count). The van der Waals surface area contributed by atoms with Crippen molar-refractivity contribution in [1.29, 1.82) is 0 Å². The molecule has 0 radical (unpaired) electrons. The lowest BCUT2D eigenvalue weighted by Crippen LogP contribution is -2.15. The molecule has 0 spiro atoms. The summed E-state index contributed by atoms with van der Waals surface area (Å²) in [6.45, 7) is 4.96. The van der Waals surface area contributed by atoms with Crippen LogP contribution in [0, 0.1) is 5.92 Å². The van der Waals surface area contributed by atoms with Gasteiger partial charge in [0.15, 0.2) is 0 Å². The number of benzene rings is 1. The van der Waals surface area contributed by atoms with Crippen LogP contribution in [0.3, 0.4) is 0 Å². The zero-order valence-electron chi connectivity index (χ0n) is 9.40. The van der Waals surface area contributed by atoms with Crippen molar-refractivity contribution in [2.75, 3.05) is 17.6 Å². The number of hydrogen-bond acceptors (Lipinski definition) is 4. The predicted molar refractivity (Wildman–Crippen MR) is 65.6 cm³/mol. The van der Waals surface area contributed by atoms with Gasteiger partial charge in [0, 0.05) is 12.2 Å². The molecule has 0 saturated heterocycles. The Bertz CT molecular complexity index is 469. The Morgan fingerprint density at radius 2 is 2.00 bits per heavy atom. The molecule has 0 heterocycles. The first-order valence-corrected chi connectivity index (χ1v) is 6.51. The van der Waals surface area contributed by atoms with Crippen LogP contribution in [-0.4, -0.2) is 15.0 Å². The smallest absolute Gasteiger partial charge is 0.240 e. The zero-order chi connectivity index (χ0) is 12.3. The summed E-state index contributed by atoms with van der Waals surface area (Å²) in [5.74, 6) is 0.499. The minimum Gasteiger partial charge on any atom is -0.398 e. The SMILES string of the molecule is CC(C)CNc1ccc(S(N)(=O)=O)c(N)c1. The fourth-order valence-electron chi connectivity index (χ4n) is 1.24. The molecule has 0 aliphatic carbocycles. The van der Waals surface area contributed by atoms with E-state index >= 15 is 0 Å². The van der Waals surface area contributed by atoms with Gasteiger partial charge in [0.05, 0.1) is 5.69 Å². The molecule has 0 aromatic heterocycles. The molecule has 0 aliphatic heterocycles. The molecule has 0 bridgehead atoms. The molecular formula is C10H17N3O2S. The molecule has 0 aliphatic rings. The molecule has 0 amide bonds. The molecule has 0 saturated carbocycles. The van der Waals surface area contributed by atoms with Crippen LogP contribution in [-0.2, 0) is 10.0 Å². The number of nitrogen functional groups attached to an aromatic ring is 1. The van der Waals surface area contributed by atoms with Gasteiger partial charge in [-0.25, -0.2) is 13.6 Å². The molecule has 1 aromatic rings. The highest BCUT2D eigenvalue weighted by Crippen LogP contribution is 2.21. The minimum absolute atomic E-state index is 0.0393. The molecule has 0 atom stereocenters. The van der Waals surface area contributed by atoms with Crippen molar-refractivity contribution in [2.45, 2.75) is 18.7 Å². The van der Waals surface area contributed by atoms with Crippen molar-refractivity contribution in [2.24, 2.45) is 11.1 Å². The maximum atomic E-state index is 11.1. The summed E-state index contributed by atoms with van der Waals surface area (Å²) < 4.78 is 22.2. The normalized spacial score (nSPS) is 11.8. The van der Waals surface area contributed by atoms with Gasteiger partial charge in [0.25, 0.3) is 0 Å². The number of sulfonamides is 1. The highest BCUT2D eigenvalue weighted by molar-refractivity contribution is 7.89. The summed E-state index contributed by atoms with van der Waals surface area (Å²) in [6.07, 6.45) is 0. The predicted octanol–water partition coefficient (Wildman–Crippen LogP) is 0.984. The standard InChI is InChI=1S/C10H17N3O2S/c1-7(2)6-13-8-3-4-10(9(11)5-8)16(12,14)15/h3-5,7,13H,6,11H2,1-2H3,(H2,12,14,15). The third-order valence-electron chi connectivity index (χ3n) is 2.03. The Morgan fingerprint density at radius 1 is 1.38 bits per heavy atom. The third-order valence-corrected chi connectivity index (χ3v) is 3.02. The second-order valence-corrected chi connectivity index (χ2v) is 5.60. The van der Waals surface area contributed by atoms with Gasteiger partial charge in [0.2, 0.25) is 10.0 Å². The van der Waals surface area contributed by atoms with Crippen molar-refractivity contribution in [1.82, 2.24) is 0 Å². The van der Waals surface area contributed by atoms with E-state index in [0.29, 0.717) is 5.92 Å². The maximum Gasteiger partial charge on any atom is 0.240 e. The number of hydrogen-bond donors (Lipinski definition) is 3. The van der Waals surface area contributed by atoms with Crippen LogP contribution in [0.25, 0.3) is 0 Å². The van der Waals surface area contributed by atoms with E-state index in [9.17, 15) is 8.42 Å². The first-order valence-electron chi connectivity index (χ1n) is 4.97. The fraction of sp³-hybridized carbons (Fsp3) is 0.400. The zero-order valence-corrected chi connectivity index (χ0v) is 10.2. The number of nitrogens with two attached hydrogens (primary N) is 2. The van der Waals surface area contributed by atoms with E-state index in [1.165, 1.54) is 6.07 Å². The van der Waals surface area contributed by atoms with Gasteiger partial charge < -0.3 is 11.1 Å². The van der Waals surface area contributed by atoms with E-state index in [4.69, 9.17) is 10.9 Å². The summed E-state index contributed by atoms with van der Waals surface area (Å²) in [6, 6.07) is 4.63. The molecule has 5 N–H and O–H groups in total. The first kappa shape index (κ1) is 12.8. The summed E-state index contributed by atoms with van der Waals surface area (Å²) in [7, 11) is -3.73. The number of primary sulfonamides is 1. The largest absolute Gasteiger partial charge is 0.398 e. The highest BCUT2D eigenvalue weighted by Gasteiger charge is 2.12. The maximum absolute atomic E-state index is 11.1. The lowest BCUT2D eigenvalue weighted by Gasteiger charge is -2.10. The Hall–Kier alpha value is -1.27. The van der Waals surface area contributed by atoms with Crippen molar-refractivity contribution >= 4 is 21.4 Å². The van der Waals surface area contributed by atoms with E-state index in [1.54, 1.807) is 12.1 Å². The van der Waals surface area contributed by atoms with Crippen molar-refractivity contribution in [3.05, 3.63) is 18.2 Å². The Balaban J connectivity index is 2.92. The van der Waals surface area contributed by atoms with Crippen LogP contribution in [0.15, 0.2) is 23.1 Å². The molecule has 1 aromatic carbocycles. The Labute approximate surface area is 95.9 Å². The van der Waals surface area contributed by atoms with Crippen LogP contribution < -0.4 is 16.2 Å². The van der Waals surface area contributed by atoms with Gasteiger partial charge in [-0.2, -0.15) is 0 Å². The molecular weight excluding hydrogens is 226 g/mol. The van der Waals surface area contributed by atoms with Crippen molar-refractivity contribution in [3.8, 4) is 0 Å². The molecule has 90 valence electrons. The lowest BCUT2D eigenvalue weighted by molar-refractivity contribution is 0.598. The van der Waals surface area contributed by atoms with E-state index in [1.807, 2.05) is 0 Å². The quantitative estimate of drug-likeness (QED) is 0.687.